The number of nitrogens with zero attached hydrogens (tertiary/aromatic N) is 3. The molecule has 4 rings (SSSR count). The summed E-state index contributed by atoms with van der Waals surface area (Å²) in [5, 5.41) is 9.43. The Balaban J connectivity index is 1.30. The number of aromatic nitrogens is 2. The summed E-state index contributed by atoms with van der Waals surface area (Å²) in [4.78, 5) is 8.39. The van der Waals surface area contributed by atoms with Gasteiger partial charge >= 0.3 is 0 Å². The Morgan fingerprint density at radius 3 is 3.04 bits per heavy atom. The van der Waals surface area contributed by atoms with Crippen LogP contribution in [0.1, 0.15) is 10.4 Å². The SMILES string of the molecule is c1ccc(-c2nc(NCCN3CCc4sccc4C3)no2)cc1. The van der Waals surface area contributed by atoms with Crippen molar-refractivity contribution in [3.63, 3.8) is 0 Å². The van der Waals surface area contributed by atoms with Gasteiger partial charge in [0, 0.05) is 36.6 Å². The molecular formula is C17H18N4OS. The Hall–Kier alpha value is -2.18. The Kier molecular flexibility index (Phi) is 4.08. The molecule has 3 heterocycles. The molecule has 6 heteroatoms. The smallest absolute Gasteiger partial charge is 0.263 e. The van der Waals surface area contributed by atoms with Crippen molar-refractivity contribution < 1.29 is 4.52 Å². The van der Waals surface area contributed by atoms with Crippen molar-refractivity contribution in [2.45, 2.75) is 13.0 Å². The highest BCUT2D eigenvalue weighted by molar-refractivity contribution is 7.10. The molecule has 0 atom stereocenters. The third kappa shape index (κ3) is 3.28. The van der Waals surface area contributed by atoms with Crippen LogP contribution in [-0.2, 0) is 13.0 Å². The minimum absolute atomic E-state index is 0.550. The van der Waals surface area contributed by atoms with E-state index in [0.29, 0.717) is 11.8 Å². The Morgan fingerprint density at radius 1 is 1.22 bits per heavy atom. The van der Waals surface area contributed by atoms with Gasteiger partial charge in [-0.05, 0) is 40.7 Å². The molecule has 5 nitrogen and oxygen atoms in total. The summed E-state index contributed by atoms with van der Waals surface area (Å²) in [6.45, 7) is 3.95. The summed E-state index contributed by atoms with van der Waals surface area (Å²) >= 11 is 1.87. The highest BCUT2D eigenvalue weighted by atomic mass is 32.1. The van der Waals surface area contributed by atoms with Gasteiger partial charge in [0.05, 0.1) is 0 Å². The Morgan fingerprint density at radius 2 is 2.13 bits per heavy atom. The van der Waals surface area contributed by atoms with E-state index in [9.17, 15) is 0 Å². The molecule has 0 fully saturated rings. The normalized spacial score (nSPS) is 14.6. The Labute approximate surface area is 138 Å². The van der Waals surface area contributed by atoms with Crippen molar-refractivity contribution in [2.24, 2.45) is 0 Å². The van der Waals surface area contributed by atoms with Crippen LogP contribution in [0.4, 0.5) is 5.95 Å². The van der Waals surface area contributed by atoms with E-state index in [1.165, 1.54) is 5.56 Å². The lowest BCUT2D eigenvalue weighted by Crippen LogP contribution is -2.33. The molecule has 1 aliphatic rings. The molecule has 0 saturated heterocycles. The zero-order valence-corrected chi connectivity index (χ0v) is 13.6. The molecule has 0 spiro atoms. The average Bonchev–Trinajstić information content (AvgIpc) is 3.24. The van der Waals surface area contributed by atoms with Crippen molar-refractivity contribution in [2.75, 3.05) is 25.0 Å². The summed E-state index contributed by atoms with van der Waals surface area (Å²) in [5.74, 6) is 1.10. The summed E-state index contributed by atoms with van der Waals surface area (Å²) in [6, 6.07) is 12.1. The highest BCUT2D eigenvalue weighted by Crippen LogP contribution is 2.23. The van der Waals surface area contributed by atoms with E-state index in [0.717, 1.165) is 38.2 Å². The first-order valence-corrected chi connectivity index (χ1v) is 8.67. The monoisotopic (exact) mass is 326 g/mol. The molecular weight excluding hydrogens is 308 g/mol. The first-order valence-electron chi connectivity index (χ1n) is 7.79. The zero-order valence-electron chi connectivity index (χ0n) is 12.7. The zero-order chi connectivity index (χ0) is 15.5. The van der Waals surface area contributed by atoms with Crippen molar-refractivity contribution in [3.05, 3.63) is 52.2 Å². The second-order valence-electron chi connectivity index (χ2n) is 5.61. The van der Waals surface area contributed by atoms with Crippen LogP contribution in [0.3, 0.4) is 0 Å². The van der Waals surface area contributed by atoms with Crippen LogP contribution in [0, 0.1) is 0 Å². The molecule has 3 aromatic rings. The lowest BCUT2D eigenvalue weighted by Gasteiger charge is -2.26. The maximum atomic E-state index is 5.29. The van der Waals surface area contributed by atoms with Gasteiger partial charge in [-0.25, -0.2) is 0 Å². The van der Waals surface area contributed by atoms with Gasteiger partial charge in [-0.15, -0.1) is 11.3 Å². The third-order valence-corrected chi connectivity index (χ3v) is 5.07. The van der Waals surface area contributed by atoms with Crippen molar-refractivity contribution in [1.82, 2.24) is 15.0 Å². The minimum Gasteiger partial charge on any atom is -0.350 e. The molecule has 23 heavy (non-hydrogen) atoms. The van der Waals surface area contributed by atoms with Gasteiger partial charge in [0.15, 0.2) is 0 Å². The Bertz CT molecular complexity index is 768. The quantitative estimate of drug-likeness (QED) is 0.780. The number of anilines is 1. The summed E-state index contributed by atoms with van der Waals surface area (Å²) < 4.78 is 5.29. The average molecular weight is 326 g/mol. The van der Waals surface area contributed by atoms with E-state index < -0.39 is 0 Å². The van der Waals surface area contributed by atoms with E-state index in [-0.39, 0.29) is 0 Å². The molecule has 1 aliphatic heterocycles. The molecule has 0 aliphatic carbocycles. The van der Waals surface area contributed by atoms with E-state index in [1.54, 1.807) is 4.88 Å². The first kappa shape index (κ1) is 14.4. The lowest BCUT2D eigenvalue weighted by atomic mass is 10.1. The number of thiophene rings is 1. The van der Waals surface area contributed by atoms with E-state index >= 15 is 0 Å². The number of rotatable bonds is 5. The van der Waals surface area contributed by atoms with Crippen LogP contribution >= 0.6 is 11.3 Å². The number of hydrogen-bond donors (Lipinski definition) is 1. The van der Waals surface area contributed by atoms with Gasteiger partial charge in [-0.3, -0.25) is 4.90 Å². The molecule has 0 radical (unpaired) electrons. The maximum Gasteiger partial charge on any atom is 0.263 e. The molecule has 0 bridgehead atoms. The molecule has 0 unspecified atom stereocenters. The van der Waals surface area contributed by atoms with Crippen molar-refractivity contribution in [3.8, 4) is 11.5 Å². The summed E-state index contributed by atoms with van der Waals surface area (Å²) in [7, 11) is 0. The van der Waals surface area contributed by atoms with Crippen molar-refractivity contribution >= 4 is 17.3 Å². The molecule has 0 amide bonds. The van der Waals surface area contributed by atoms with Gasteiger partial charge in [-0.2, -0.15) is 4.98 Å². The topological polar surface area (TPSA) is 54.2 Å². The second kappa shape index (κ2) is 6.52. The van der Waals surface area contributed by atoms with Crippen LogP contribution in [0.25, 0.3) is 11.5 Å². The fourth-order valence-electron chi connectivity index (χ4n) is 2.82. The largest absolute Gasteiger partial charge is 0.350 e. The minimum atomic E-state index is 0.550. The van der Waals surface area contributed by atoms with Crippen LogP contribution in [-0.4, -0.2) is 34.7 Å². The molecule has 0 saturated carbocycles. The fraction of sp³-hybridized carbons (Fsp3) is 0.294. The van der Waals surface area contributed by atoms with Crippen molar-refractivity contribution in [1.29, 1.82) is 0 Å². The number of fused-ring (bicyclic) bond motifs is 1. The van der Waals surface area contributed by atoms with Crippen LogP contribution in [0.5, 0.6) is 0 Å². The number of nitrogens with one attached hydrogen (secondary N) is 1. The summed E-state index contributed by atoms with van der Waals surface area (Å²) in [5.41, 5.74) is 2.42. The van der Waals surface area contributed by atoms with Gasteiger partial charge in [0.2, 0.25) is 0 Å². The predicted molar refractivity (Wildman–Crippen MR) is 91.5 cm³/mol. The molecule has 1 N–H and O–H groups in total. The van der Waals surface area contributed by atoms with E-state index in [1.807, 2.05) is 41.7 Å². The highest BCUT2D eigenvalue weighted by Gasteiger charge is 2.16. The van der Waals surface area contributed by atoms with Crippen LogP contribution < -0.4 is 5.32 Å². The van der Waals surface area contributed by atoms with Crippen LogP contribution in [0.15, 0.2) is 46.3 Å². The van der Waals surface area contributed by atoms with Gasteiger partial charge < -0.3 is 9.84 Å². The summed E-state index contributed by atoms with van der Waals surface area (Å²) in [6.07, 6.45) is 1.16. The molecule has 118 valence electrons. The maximum absolute atomic E-state index is 5.29. The lowest BCUT2D eigenvalue weighted by molar-refractivity contribution is 0.266. The second-order valence-corrected chi connectivity index (χ2v) is 6.61. The molecule has 2 aromatic heterocycles. The number of hydrogen-bond acceptors (Lipinski definition) is 6. The van der Waals surface area contributed by atoms with E-state index in [2.05, 4.69) is 31.8 Å². The van der Waals surface area contributed by atoms with Crippen LogP contribution in [0.2, 0.25) is 0 Å². The van der Waals surface area contributed by atoms with Gasteiger partial charge in [-0.1, -0.05) is 18.2 Å². The predicted octanol–water partition coefficient (Wildman–Crippen LogP) is 3.27. The number of benzene rings is 1. The van der Waals surface area contributed by atoms with Gasteiger partial charge in [0.1, 0.15) is 0 Å². The third-order valence-electron chi connectivity index (χ3n) is 4.04. The van der Waals surface area contributed by atoms with E-state index in [4.69, 9.17) is 4.52 Å². The standard InChI is InChI=1S/C17H18N4OS/c1-2-4-13(5-3-1)16-19-17(20-22-16)18-8-10-21-9-6-15-14(12-21)7-11-23-15/h1-5,7,11H,6,8-10,12H2,(H,18,20). The molecule has 1 aromatic carbocycles. The fourth-order valence-corrected chi connectivity index (χ4v) is 3.71. The van der Waals surface area contributed by atoms with Gasteiger partial charge in [0.25, 0.3) is 11.8 Å². The first-order chi connectivity index (χ1) is 11.4.